The summed E-state index contributed by atoms with van der Waals surface area (Å²) in [6.07, 6.45) is 0. The highest BCUT2D eigenvalue weighted by Crippen LogP contribution is 2.23. The summed E-state index contributed by atoms with van der Waals surface area (Å²) in [6.45, 7) is 3.31. The van der Waals surface area contributed by atoms with Gasteiger partial charge in [-0.1, -0.05) is 12.1 Å². The van der Waals surface area contributed by atoms with Crippen LogP contribution in [0.3, 0.4) is 0 Å². The van der Waals surface area contributed by atoms with E-state index in [2.05, 4.69) is 0 Å². The van der Waals surface area contributed by atoms with Gasteiger partial charge in [-0.25, -0.2) is 0 Å². The molecular formula is C12H13NO2. The molecule has 0 spiro atoms. The number of rotatable bonds is 3. The van der Waals surface area contributed by atoms with Crippen molar-refractivity contribution in [2.45, 2.75) is 19.8 Å². The summed E-state index contributed by atoms with van der Waals surface area (Å²) in [7, 11) is 1.59. The number of ether oxygens (including phenoxy) is 1. The number of carbonyl (C=O) groups is 1. The highest BCUT2D eigenvalue weighted by atomic mass is 16.5. The van der Waals surface area contributed by atoms with Crippen LogP contribution in [-0.2, 0) is 4.79 Å². The monoisotopic (exact) mass is 203 g/mol. The number of hydrogen-bond donors (Lipinski definition) is 0. The van der Waals surface area contributed by atoms with E-state index in [1.165, 1.54) is 6.92 Å². The Morgan fingerprint density at radius 2 is 2.20 bits per heavy atom. The largest absolute Gasteiger partial charge is 0.496 e. The van der Waals surface area contributed by atoms with Gasteiger partial charge in [0.05, 0.1) is 13.2 Å². The summed E-state index contributed by atoms with van der Waals surface area (Å²) in [4.78, 5) is 11.2. The fourth-order valence-electron chi connectivity index (χ4n) is 1.48. The van der Waals surface area contributed by atoms with Crippen LogP contribution in [0, 0.1) is 18.3 Å². The number of benzene rings is 1. The Morgan fingerprint density at radius 3 is 2.60 bits per heavy atom. The van der Waals surface area contributed by atoms with Crippen LogP contribution in [0.25, 0.3) is 0 Å². The number of hydrogen-bond acceptors (Lipinski definition) is 3. The van der Waals surface area contributed by atoms with Crippen molar-refractivity contribution in [2.24, 2.45) is 0 Å². The maximum absolute atomic E-state index is 11.2. The average Bonchev–Trinajstić information content (AvgIpc) is 2.18. The van der Waals surface area contributed by atoms with Gasteiger partial charge >= 0.3 is 0 Å². The predicted molar refractivity (Wildman–Crippen MR) is 56.8 cm³/mol. The molecule has 0 radical (unpaired) electrons. The van der Waals surface area contributed by atoms with Gasteiger partial charge < -0.3 is 4.74 Å². The molecule has 15 heavy (non-hydrogen) atoms. The molecule has 0 aliphatic heterocycles. The van der Waals surface area contributed by atoms with E-state index >= 15 is 0 Å². The van der Waals surface area contributed by atoms with Gasteiger partial charge in [0, 0.05) is 0 Å². The number of nitrogens with zero attached hydrogens (tertiary/aromatic N) is 1. The first-order valence-corrected chi connectivity index (χ1v) is 4.64. The van der Waals surface area contributed by atoms with Gasteiger partial charge in [0.25, 0.3) is 0 Å². The van der Waals surface area contributed by atoms with Crippen LogP contribution in [0.2, 0.25) is 0 Å². The number of nitriles is 1. The van der Waals surface area contributed by atoms with Crippen LogP contribution in [-0.4, -0.2) is 12.9 Å². The van der Waals surface area contributed by atoms with Gasteiger partial charge in [-0.15, -0.1) is 0 Å². The molecule has 0 aromatic heterocycles. The zero-order chi connectivity index (χ0) is 11.4. The maximum Gasteiger partial charge on any atom is 0.151 e. The Kier molecular flexibility index (Phi) is 3.46. The highest BCUT2D eigenvalue weighted by Gasteiger charge is 2.16. The average molecular weight is 203 g/mol. The van der Waals surface area contributed by atoms with Gasteiger partial charge in [0.2, 0.25) is 0 Å². The summed E-state index contributed by atoms with van der Waals surface area (Å²) in [6, 6.07) is 7.33. The molecule has 0 amide bonds. The molecule has 0 aliphatic carbocycles. The lowest BCUT2D eigenvalue weighted by Crippen LogP contribution is -2.06. The number of methoxy groups -OCH3 is 1. The van der Waals surface area contributed by atoms with Gasteiger partial charge in [-0.05, 0) is 31.0 Å². The third-order valence-corrected chi connectivity index (χ3v) is 2.29. The normalized spacial score (nSPS) is 11.6. The van der Waals surface area contributed by atoms with Crippen LogP contribution in [0.1, 0.15) is 24.0 Å². The standard InChI is InChI=1S/C12H13NO2/c1-8-6-10(4-5-12(8)15-3)11(7-13)9(2)14/h4-6,11H,1-3H3. The van der Waals surface area contributed by atoms with E-state index in [1.54, 1.807) is 19.2 Å². The topological polar surface area (TPSA) is 50.1 Å². The first-order valence-electron chi connectivity index (χ1n) is 4.64. The Hall–Kier alpha value is -1.82. The minimum Gasteiger partial charge on any atom is -0.496 e. The van der Waals surface area contributed by atoms with Gasteiger partial charge in [0.15, 0.2) is 5.78 Å². The first-order chi connectivity index (χ1) is 7.10. The maximum atomic E-state index is 11.2. The van der Waals surface area contributed by atoms with Crippen molar-refractivity contribution in [1.29, 1.82) is 5.26 Å². The molecular weight excluding hydrogens is 190 g/mol. The van der Waals surface area contributed by atoms with Gasteiger partial charge in [0.1, 0.15) is 11.7 Å². The fraction of sp³-hybridized carbons (Fsp3) is 0.333. The lowest BCUT2D eigenvalue weighted by atomic mass is 9.95. The molecule has 1 aromatic carbocycles. The zero-order valence-corrected chi connectivity index (χ0v) is 9.07. The van der Waals surface area contributed by atoms with Crippen molar-refractivity contribution in [3.8, 4) is 11.8 Å². The fourth-order valence-corrected chi connectivity index (χ4v) is 1.48. The van der Waals surface area contributed by atoms with E-state index in [0.29, 0.717) is 0 Å². The van der Waals surface area contributed by atoms with Crippen molar-refractivity contribution < 1.29 is 9.53 Å². The molecule has 1 rings (SSSR count). The third-order valence-electron chi connectivity index (χ3n) is 2.29. The lowest BCUT2D eigenvalue weighted by Gasteiger charge is -2.09. The number of Topliss-reactive ketones (excluding diaryl/α,β-unsaturated/α-hetero) is 1. The molecule has 78 valence electrons. The minimum absolute atomic E-state index is 0.137. The summed E-state index contributed by atoms with van der Waals surface area (Å²) in [5, 5.41) is 8.87. The number of carbonyl (C=O) groups excluding carboxylic acids is 1. The molecule has 1 atom stereocenters. The first kappa shape index (κ1) is 11.3. The molecule has 0 fully saturated rings. The van der Waals surface area contributed by atoms with Crippen molar-refractivity contribution >= 4 is 5.78 Å². The molecule has 0 bridgehead atoms. The van der Waals surface area contributed by atoms with E-state index < -0.39 is 5.92 Å². The second-order valence-corrected chi connectivity index (χ2v) is 3.40. The molecule has 0 N–H and O–H groups in total. The van der Waals surface area contributed by atoms with E-state index in [9.17, 15) is 4.79 Å². The Morgan fingerprint density at radius 1 is 1.53 bits per heavy atom. The van der Waals surface area contributed by atoms with E-state index in [1.807, 2.05) is 19.1 Å². The molecule has 3 heteroatoms. The van der Waals surface area contributed by atoms with Crippen LogP contribution in [0.15, 0.2) is 18.2 Å². The minimum atomic E-state index is -0.672. The summed E-state index contributed by atoms with van der Waals surface area (Å²) >= 11 is 0. The Balaban J connectivity index is 3.12. The zero-order valence-electron chi connectivity index (χ0n) is 9.07. The van der Waals surface area contributed by atoms with E-state index in [4.69, 9.17) is 10.00 Å². The molecule has 0 saturated carbocycles. The molecule has 1 unspecified atom stereocenters. The lowest BCUT2D eigenvalue weighted by molar-refractivity contribution is -0.117. The Bertz CT molecular complexity index is 418. The second kappa shape index (κ2) is 4.61. The molecule has 0 saturated heterocycles. The smallest absolute Gasteiger partial charge is 0.151 e. The van der Waals surface area contributed by atoms with Crippen molar-refractivity contribution in [3.63, 3.8) is 0 Å². The van der Waals surface area contributed by atoms with Crippen LogP contribution < -0.4 is 4.74 Å². The molecule has 1 aromatic rings. The van der Waals surface area contributed by atoms with E-state index in [-0.39, 0.29) is 5.78 Å². The molecule has 3 nitrogen and oxygen atoms in total. The van der Waals surface area contributed by atoms with Crippen molar-refractivity contribution in [3.05, 3.63) is 29.3 Å². The summed E-state index contributed by atoms with van der Waals surface area (Å²) in [5.74, 6) is -0.0457. The summed E-state index contributed by atoms with van der Waals surface area (Å²) in [5.41, 5.74) is 1.65. The number of aryl methyl sites for hydroxylation is 1. The number of ketones is 1. The van der Waals surface area contributed by atoms with Gasteiger partial charge in [-0.2, -0.15) is 5.26 Å². The quantitative estimate of drug-likeness (QED) is 0.756. The highest BCUT2D eigenvalue weighted by molar-refractivity contribution is 5.86. The van der Waals surface area contributed by atoms with E-state index in [0.717, 1.165) is 16.9 Å². The Labute approximate surface area is 89.3 Å². The van der Waals surface area contributed by atoms with Gasteiger partial charge in [-0.3, -0.25) is 4.79 Å². The molecule has 0 heterocycles. The van der Waals surface area contributed by atoms with Crippen LogP contribution in [0.4, 0.5) is 0 Å². The predicted octanol–water partition coefficient (Wildman–Crippen LogP) is 2.20. The van der Waals surface area contributed by atoms with Crippen LogP contribution >= 0.6 is 0 Å². The third kappa shape index (κ3) is 2.35. The summed E-state index contributed by atoms with van der Waals surface area (Å²) < 4.78 is 5.11. The van der Waals surface area contributed by atoms with Crippen LogP contribution in [0.5, 0.6) is 5.75 Å². The van der Waals surface area contributed by atoms with Crippen molar-refractivity contribution in [2.75, 3.05) is 7.11 Å². The molecule has 0 aliphatic rings. The second-order valence-electron chi connectivity index (χ2n) is 3.40. The SMILES string of the molecule is COc1ccc(C(C#N)C(C)=O)cc1C. The van der Waals surface area contributed by atoms with Crippen molar-refractivity contribution in [1.82, 2.24) is 0 Å².